The van der Waals surface area contributed by atoms with Gasteiger partial charge in [-0.1, -0.05) is 67.5 Å². The summed E-state index contributed by atoms with van der Waals surface area (Å²) in [5, 5.41) is 4.31. The van der Waals surface area contributed by atoms with Gasteiger partial charge in [-0.15, -0.1) is 0 Å². The highest BCUT2D eigenvalue weighted by Crippen LogP contribution is 2.25. The minimum atomic E-state index is -0.227. The van der Waals surface area contributed by atoms with Gasteiger partial charge in [0.1, 0.15) is 0 Å². The first-order valence-electron chi connectivity index (χ1n) is 10.6. The third kappa shape index (κ3) is 5.13. The van der Waals surface area contributed by atoms with Crippen LogP contribution in [0.25, 0.3) is 16.6 Å². The minimum absolute atomic E-state index is 0.0824. The lowest BCUT2D eigenvalue weighted by Gasteiger charge is -2.14. The molecule has 0 saturated heterocycles. The lowest BCUT2D eigenvalue weighted by atomic mass is 10.0. The number of thioether (sulfide) groups is 1. The summed E-state index contributed by atoms with van der Waals surface area (Å²) >= 11 is 7.45. The number of carbonyl (C=O) groups is 1. The van der Waals surface area contributed by atoms with Crippen LogP contribution in [-0.2, 0) is 4.79 Å². The van der Waals surface area contributed by atoms with Gasteiger partial charge in [0.05, 0.1) is 33.1 Å². The summed E-state index contributed by atoms with van der Waals surface area (Å²) in [6.07, 6.45) is 0. The second kappa shape index (κ2) is 9.81. The summed E-state index contributed by atoms with van der Waals surface area (Å²) in [6.45, 7) is 6.18. The fraction of sp³-hybridized carbons (Fsp3) is 0.192. The number of nitrogens with zero attached hydrogens (tertiary/aromatic N) is 2. The van der Waals surface area contributed by atoms with E-state index >= 15 is 0 Å². The molecule has 0 unspecified atom stereocenters. The van der Waals surface area contributed by atoms with Crippen LogP contribution in [0.3, 0.4) is 0 Å². The Balaban J connectivity index is 1.66. The van der Waals surface area contributed by atoms with Gasteiger partial charge in [-0.2, -0.15) is 0 Å². The molecule has 0 bridgehead atoms. The summed E-state index contributed by atoms with van der Waals surface area (Å²) in [4.78, 5) is 30.7. The maximum atomic E-state index is 13.4. The average molecular weight is 478 g/mol. The lowest BCUT2D eigenvalue weighted by Crippen LogP contribution is -2.23. The van der Waals surface area contributed by atoms with E-state index in [9.17, 15) is 9.59 Å². The molecule has 1 amide bonds. The molecule has 0 saturated carbocycles. The predicted octanol–water partition coefficient (Wildman–Crippen LogP) is 6.20. The summed E-state index contributed by atoms with van der Waals surface area (Å²) in [5.41, 5.74) is 3.90. The first kappa shape index (κ1) is 23.1. The zero-order valence-electron chi connectivity index (χ0n) is 18.6. The number of rotatable bonds is 6. The molecule has 7 heteroatoms. The van der Waals surface area contributed by atoms with Gasteiger partial charge in [0, 0.05) is 0 Å². The Labute approximate surface area is 201 Å². The molecule has 0 spiro atoms. The molecule has 0 aliphatic carbocycles. The van der Waals surface area contributed by atoms with Crippen LogP contribution in [0.1, 0.15) is 30.9 Å². The van der Waals surface area contributed by atoms with Crippen molar-refractivity contribution in [3.63, 3.8) is 0 Å². The van der Waals surface area contributed by atoms with Crippen molar-refractivity contribution in [2.45, 2.75) is 31.8 Å². The minimum Gasteiger partial charge on any atom is -0.324 e. The molecule has 1 N–H and O–H groups in total. The fourth-order valence-electron chi connectivity index (χ4n) is 3.48. The van der Waals surface area contributed by atoms with Crippen molar-refractivity contribution in [3.8, 4) is 5.69 Å². The molecule has 0 fully saturated rings. The van der Waals surface area contributed by atoms with Gasteiger partial charge in [-0.05, 0) is 60.4 Å². The number of benzene rings is 3. The van der Waals surface area contributed by atoms with E-state index in [-0.39, 0.29) is 17.2 Å². The van der Waals surface area contributed by atoms with Gasteiger partial charge in [-0.3, -0.25) is 14.2 Å². The topological polar surface area (TPSA) is 64.0 Å². The zero-order chi connectivity index (χ0) is 23.5. The van der Waals surface area contributed by atoms with Gasteiger partial charge < -0.3 is 5.32 Å². The molecule has 0 aliphatic rings. The molecule has 33 heavy (non-hydrogen) atoms. The quantitative estimate of drug-likeness (QED) is 0.265. The number of carbonyl (C=O) groups excluding carboxylic acids is 1. The molecule has 0 radical (unpaired) electrons. The number of halogens is 1. The average Bonchev–Trinajstić information content (AvgIpc) is 2.80. The number of para-hydroxylation sites is 1. The highest BCUT2D eigenvalue weighted by molar-refractivity contribution is 7.99. The van der Waals surface area contributed by atoms with Crippen LogP contribution in [0, 0.1) is 6.92 Å². The number of hydrogen-bond donors (Lipinski definition) is 1. The highest BCUT2D eigenvalue weighted by Gasteiger charge is 2.15. The number of nitrogens with one attached hydrogen (secondary N) is 1. The van der Waals surface area contributed by atoms with Gasteiger partial charge in [0.15, 0.2) is 5.16 Å². The van der Waals surface area contributed by atoms with E-state index < -0.39 is 0 Å². The monoisotopic (exact) mass is 477 g/mol. The maximum absolute atomic E-state index is 13.4. The molecule has 1 heterocycles. The Morgan fingerprint density at radius 1 is 1.09 bits per heavy atom. The third-order valence-electron chi connectivity index (χ3n) is 5.29. The Kier molecular flexibility index (Phi) is 6.86. The number of fused-ring (bicyclic) bond motifs is 1. The first-order chi connectivity index (χ1) is 15.8. The van der Waals surface area contributed by atoms with Crippen molar-refractivity contribution in [1.82, 2.24) is 9.55 Å². The molecular formula is C26H24ClN3O2S. The summed E-state index contributed by atoms with van der Waals surface area (Å²) in [7, 11) is 0. The Morgan fingerprint density at radius 2 is 1.82 bits per heavy atom. The number of anilines is 1. The molecule has 5 nitrogen and oxygen atoms in total. The maximum Gasteiger partial charge on any atom is 0.266 e. The number of aromatic nitrogens is 2. The Hall–Kier alpha value is -3.09. The molecule has 168 valence electrons. The summed E-state index contributed by atoms with van der Waals surface area (Å²) < 4.78 is 1.57. The van der Waals surface area contributed by atoms with Crippen molar-refractivity contribution in [2.24, 2.45) is 0 Å². The second-order valence-electron chi connectivity index (χ2n) is 8.12. The fourth-order valence-corrected chi connectivity index (χ4v) is 4.58. The molecule has 4 aromatic rings. The molecule has 0 aliphatic heterocycles. The van der Waals surface area contributed by atoms with Crippen molar-refractivity contribution in [3.05, 3.63) is 93.2 Å². The Morgan fingerprint density at radius 3 is 2.52 bits per heavy atom. The van der Waals surface area contributed by atoms with Crippen LogP contribution in [0.2, 0.25) is 5.02 Å². The number of hydrogen-bond acceptors (Lipinski definition) is 4. The molecule has 3 aromatic carbocycles. The summed E-state index contributed by atoms with van der Waals surface area (Å²) in [6, 6.07) is 20.6. The molecule has 0 atom stereocenters. The second-order valence-corrected chi connectivity index (χ2v) is 9.47. The number of amides is 1. The van der Waals surface area contributed by atoms with Crippen molar-refractivity contribution in [1.29, 1.82) is 0 Å². The summed E-state index contributed by atoms with van der Waals surface area (Å²) in [5.74, 6) is 0.241. The van der Waals surface area contributed by atoms with Gasteiger partial charge in [0.2, 0.25) is 5.91 Å². The van der Waals surface area contributed by atoms with Crippen LogP contribution in [-0.4, -0.2) is 21.2 Å². The van der Waals surface area contributed by atoms with Crippen molar-refractivity contribution < 1.29 is 4.79 Å². The van der Waals surface area contributed by atoms with E-state index in [1.165, 1.54) is 17.3 Å². The van der Waals surface area contributed by atoms with E-state index in [0.29, 0.717) is 38.4 Å². The van der Waals surface area contributed by atoms with E-state index in [0.717, 1.165) is 5.56 Å². The van der Waals surface area contributed by atoms with Gasteiger partial charge in [-0.25, -0.2) is 4.98 Å². The lowest BCUT2D eigenvalue weighted by molar-refractivity contribution is -0.113. The van der Waals surface area contributed by atoms with Crippen molar-refractivity contribution >= 4 is 45.9 Å². The molecular weight excluding hydrogens is 454 g/mol. The van der Waals surface area contributed by atoms with Crippen LogP contribution in [0.5, 0.6) is 0 Å². The van der Waals surface area contributed by atoms with Crippen LogP contribution in [0.4, 0.5) is 5.69 Å². The van der Waals surface area contributed by atoms with Gasteiger partial charge >= 0.3 is 0 Å². The standard InChI is InChI=1S/C26H24ClN3O2S/c1-16(2)18-9-11-19(12-10-18)30-25(32)20-6-4-5-7-22(20)29-26(30)33-15-24(31)28-23-13-8-17(3)14-21(23)27/h4-14,16H,15H2,1-3H3,(H,28,31). The van der Waals surface area contributed by atoms with Crippen molar-refractivity contribution in [2.75, 3.05) is 11.1 Å². The Bertz CT molecular complexity index is 1380. The van der Waals surface area contributed by atoms with Crippen LogP contribution < -0.4 is 10.9 Å². The van der Waals surface area contributed by atoms with E-state index in [1.54, 1.807) is 28.8 Å². The SMILES string of the molecule is Cc1ccc(NC(=O)CSc2nc3ccccc3c(=O)n2-c2ccc(C(C)C)cc2)c(Cl)c1. The molecule has 1 aromatic heterocycles. The molecule has 4 rings (SSSR count). The largest absolute Gasteiger partial charge is 0.324 e. The van der Waals surface area contributed by atoms with Crippen LogP contribution >= 0.6 is 23.4 Å². The number of aryl methyl sites for hydroxylation is 1. The third-order valence-corrected chi connectivity index (χ3v) is 6.55. The normalized spacial score (nSPS) is 11.2. The predicted molar refractivity (Wildman–Crippen MR) is 137 cm³/mol. The van der Waals surface area contributed by atoms with E-state index in [2.05, 4.69) is 19.2 Å². The highest BCUT2D eigenvalue weighted by atomic mass is 35.5. The zero-order valence-corrected chi connectivity index (χ0v) is 20.2. The van der Waals surface area contributed by atoms with Gasteiger partial charge in [0.25, 0.3) is 5.56 Å². The smallest absolute Gasteiger partial charge is 0.266 e. The van der Waals surface area contributed by atoms with Crippen LogP contribution in [0.15, 0.2) is 76.7 Å². The first-order valence-corrected chi connectivity index (χ1v) is 12.0. The van der Waals surface area contributed by atoms with E-state index in [1.807, 2.05) is 49.4 Å². The van der Waals surface area contributed by atoms with E-state index in [4.69, 9.17) is 16.6 Å².